The molecule has 5 rings (SSSR count). The first-order chi connectivity index (χ1) is 19.2. The number of aliphatic carboxylic acids is 1. The molecule has 0 spiro atoms. The molecule has 1 amide bonds. The van der Waals surface area contributed by atoms with Crippen molar-refractivity contribution in [2.45, 2.75) is 59.3 Å². The number of hydrogen-bond acceptors (Lipinski definition) is 9. The smallest absolute Gasteiger partial charge is 0.340 e. The summed E-state index contributed by atoms with van der Waals surface area (Å²) in [4.78, 5) is 64.2. The topological polar surface area (TPSA) is 174 Å². The van der Waals surface area contributed by atoms with Gasteiger partial charge in [0.2, 0.25) is 5.91 Å². The summed E-state index contributed by atoms with van der Waals surface area (Å²) in [6.45, 7) is 5.48. The Balaban J connectivity index is 0.00000181. The molecule has 0 aliphatic carbocycles. The number of benzene rings is 1. The van der Waals surface area contributed by atoms with E-state index in [0.29, 0.717) is 23.3 Å². The second-order valence-corrected chi connectivity index (χ2v) is 8.96. The Morgan fingerprint density at radius 2 is 1.90 bits per heavy atom. The number of carboxylic acid groups (broad SMARTS) is 1. The van der Waals surface area contributed by atoms with Gasteiger partial charge in [0.1, 0.15) is 18.9 Å². The number of rotatable bonds is 7. The summed E-state index contributed by atoms with van der Waals surface area (Å²) in [5, 5.41) is 21.8. The third kappa shape index (κ3) is 5.30. The van der Waals surface area contributed by atoms with E-state index in [1.165, 1.54) is 0 Å². The van der Waals surface area contributed by atoms with Gasteiger partial charge in [-0.15, -0.1) is 0 Å². The number of amides is 1. The van der Waals surface area contributed by atoms with Gasteiger partial charge in [-0.1, -0.05) is 20.8 Å². The molecule has 1 atom stereocenters. The zero-order valence-electron chi connectivity index (χ0n) is 22.3. The van der Waals surface area contributed by atoms with E-state index in [1.807, 2.05) is 20.8 Å². The maximum Gasteiger partial charge on any atom is 0.340 e. The van der Waals surface area contributed by atoms with E-state index in [0.717, 1.165) is 16.5 Å². The molecule has 210 valence electrons. The van der Waals surface area contributed by atoms with Crippen molar-refractivity contribution in [3.63, 3.8) is 0 Å². The molecule has 3 aromatic rings. The molecular weight excluding hydrogens is 522 g/mol. The average molecular weight is 552 g/mol. The molecule has 1 aromatic carbocycles. The van der Waals surface area contributed by atoms with Gasteiger partial charge < -0.3 is 29.6 Å². The Bertz CT molecular complexity index is 1590. The van der Waals surface area contributed by atoms with Crippen LogP contribution >= 0.6 is 0 Å². The van der Waals surface area contributed by atoms with E-state index in [2.05, 4.69) is 5.32 Å². The Morgan fingerprint density at radius 3 is 2.60 bits per heavy atom. The van der Waals surface area contributed by atoms with Crippen molar-refractivity contribution >= 4 is 34.7 Å². The Kier molecular flexibility index (Phi) is 8.29. The second kappa shape index (κ2) is 11.7. The molecular formula is C28H29N3O9. The number of aliphatic hydroxyl groups excluding tert-OH is 1. The van der Waals surface area contributed by atoms with E-state index >= 15 is 0 Å². The second-order valence-electron chi connectivity index (χ2n) is 8.96. The lowest BCUT2D eigenvalue weighted by Gasteiger charge is -2.21. The van der Waals surface area contributed by atoms with E-state index < -0.39 is 36.5 Å². The van der Waals surface area contributed by atoms with Crippen molar-refractivity contribution in [1.82, 2.24) is 14.9 Å². The summed E-state index contributed by atoms with van der Waals surface area (Å²) in [7, 11) is 0. The first kappa shape index (κ1) is 28.4. The monoisotopic (exact) mass is 551 g/mol. The number of carbonyl (C=O) groups is 4. The minimum atomic E-state index is -1.53. The number of pyridine rings is 2. The van der Waals surface area contributed by atoms with Gasteiger partial charge in [0.25, 0.3) is 5.56 Å². The summed E-state index contributed by atoms with van der Waals surface area (Å²) >= 11 is 0. The van der Waals surface area contributed by atoms with Crippen LogP contribution in [0.25, 0.3) is 22.3 Å². The third-order valence-electron chi connectivity index (χ3n) is 6.62. The van der Waals surface area contributed by atoms with Crippen molar-refractivity contribution in [2.75, 3.05) is 6.54 Å². The number of aliphatic hydroxyl groups is 1. The molecule has 3 N–H and O–H groups in total. The number of nitrogens with zero attached hydrogens (tertiary/aromatic N) is 2. The first-order valence-electron chi connectivity index (χ1n) is 12.9. The molecule has 0 fully saturated rings. The average Bonchev–Trinajstić information content (AvgIpc) is 3.31. The number of aromatic nitrogens is 2. The molecule has 0 bridgehead atoms. The van der Waals surface area contributed by atoms with Gasteiger partial charge in [0.05, 0.1) is 35.4 Å². The van der Waals surface area contributed by atoms with Crippen LogP contribution in [0.5, 0.6) is 5.75 Å². The molecule has 2 aliphatic heterocycles. The number of fused-ring (bicyclic) bond motifs is 5. The SMILES string of the molecule is CC.CCc1c2c(nc3ccc(OC(=O)CCC(=O)NCC(=O)O)cc13)-c1cc3c(c(=O)n1C2)COC(=O)C3O. The molecule has 0 saturated heterocycles. The fraction of sp³-hybridized carbons (Fsp3) is 0.357. The molecule has 2 aromatic heterocycles. The number of hydrogen-bond donors (Lipinski definition) is 3. The summed E-state index contributed by atoms with van der Waals surface area (Å²) < 4.78 is 11.9. The number of carboxylic acids is 1. The van der Waals surface area contributed by atoms with Crippen LogP contribution in [0.1, 0.15) is 62.0 Å². The maximum absolute atomic E-state index is 13.2. The number of nitrogens with one attached hydrogen (secondary N) is 1. The zero-order valence-corrected chi connectivity index (χ0v) is 22.3. The first-order valence-corrected chi connectivity index (χ1v) is 12.9. The van der Waals surface area contributed by atoms with Crippen LogP contribution in [-0.4, -0.2) is 50.1 Å². The highest BCUT2D eigenvalue weighted by Gasteiger charge is 2.34. The van der Waals surface area contributed by atoms with Gasteiger partial charge in [-0.05, 0) is 36.2 Å². The number of carbonyl (C=O) groups excluding carboxylic acids is 3. The van der Waals surface area contributed by atoms with E-state index in [-0.39, 0.29) is 48.4 Å². The van der Waals surface area contributed by atoms with Crippen LogP contribution in [-0.2, 0) is 43.5 Å². The van der Waals surface area contributed by atoms with Crippen LogP contribution in [0.2, 0.25) is 0 Å². The molecule has 2 aliphatic rings. The lowest BCUT2D eigenvalue weighted by molar-refractivity contribution is -0.157. The third-order valence-corrected chi connectivity index (χ3v) is 6.62. The van der Waals surface area contributed by atoms with E-state index in [4.69, 9.17) is 19.6 Å². The van der Waals surface area contributed by atoms with Crippen LogP contribution in [0.4, 0.5) is 0 Å². The van der Waals surface area contributed by atoms with Gasteiger partial charge in [-0.2, -0.15) is 0 Å². The number of cyclic esters (lactones) is 1. The Hall–Kier alpha value is -4.58. The van der Waals surface area contributed by atoms with Crippen LogP contribution < -0.4 is 15.6 Å². The molecule has 12 heteroatoms. The van der Waals surface area contributed by atoms with Gasteiger partial charge in [0.15, 0.2) is 6.10 Å². The number of esters is 2. The highest BCUT2D eigenvalue weighted by Crippen LogP contribution is 2.38. The van der Waals surface area contributed by atoms with Crippen molar-refractivity contribution in [3.8, 4) is 17.1 Å². The fourth-order valence-corrected chi connectivity index (χ4v) is 4.82. The van der Waals surface area contributed by atoms with Gasteiger partial charge in [-0.25, -0.2) is 9.78 Å². The van der Waals surface area contributed by atoms with Crippen LogP contribution in [0.3, 0.4) is 0 Å². The fourth-order valence-electron chi connectivity index (χ4n) is 4.82. The van der Waals surface area contributed by atoms with Crippen molar-refractivity contribution in [1.29, 1.82) is 0 Å². The highest BCUT2D eigenvalue weighted by atomic mass is 16.5. The summed E-state index contributed by atoms with van der Waals surface area (Å²) in [5.41, 5.74) is 3.53. The number of ether oxygens (including phenoxy) is 2. The minimum Gasteiger partial charge on any atom is -0.480 e. The van der Waals surface area contributed by atoms with Crippen LogP contribution in [0, 0.1) is 0 Å². The Morgan fingerprint density at radius 1 is 1.15 bits per heavy atom. The predicted octanol–water partition coefficient (Wildman–Crippen LogP) is 1.99. The summed E-state index contributed by atoms with van der Waals surface area (Å²) in [6, 6.07) is 6.55. The largest absolute Gasteiger partial charge is 0.480 e. The molecule has 0 saturated carbocycles. The zero-order chi connectivity index (χ0) is 29.1. The highest BCUT2D eigenvalue weighted by molar-refractivity contribution is 5.90. The molecule has 40 heavy (non-hydrogen) atoms. The lowest BCUT2D eigenvalue weighted by Crippen LogP contribution is -2.32. The number of aryl methyl sites for hydroxylation is 1. The van der Waals surface area contributed by atoms with Crippen molar-refractivity contribution in [3.05, 3.63) is 56.9 Å². The quantitative estimate of drug-likeness (QED) is 0.228. The molecule has 0 radical (unpaired) electrons. The van der Waals surface area contributed by atoms with Gasteiger partial charge in [-0.3, -0.25) is 19.2 Å². The molecule has 4 heterocycles. The minimum absolute atomic E-state index is 0.202. The lowest BCUT2D eigenvalue weighted by atomic mass is 9.97. The molecule has 1 unspecified atom stereocenters. The molecule has 12 nitrogen and oxygen atoms in total. The maximum atomic E-state index is 13.2. The van der Waals surface area contributed by atoms with E-state index in [1.54, 1.807) is 28.8 Å². The van der Waals surface area contributed by atoms with E-state index in [9.17, 15) is 29.1 Å². The Labute approximate surface area is 228 Å². The standard InChI is InChI=1S/C26H23N3O9.C2H6/c1-2-13-14-7-12(38-22(33)6-5-20(30)27-9-21(31)32)3-4-18(14)28-23-16(13)10-29-19(23)8-15-17(25(29)35)11-37-26(36)24(15)34;1-2/h3-4,7-8,24,34H,2,5-6,9-11H2,1H3,(H,27,30)(H,31,32);1-2H3. The summed E-state index contributed by atoms with van der Waals surface area (Å²) in [6.07, 6.45) is -1.38. The van der Waals surface area contributed by atoms with Gasteiger partial charge in [0, 0.05) is 22.9 Å². The summed E-state index contributed by atoms with van der Waals surface area (Å²) in [5.74, 6) is -2.95. The van der Waals surface area contributed by atoms with Gasteiger partial charge >= 0.3 is 17.9 Å². The van der Waals surface area contributed by atoms with Crippen LogP contribution in [0.15, 0.2) is 29.1 Å². The predicted molar refractivity (Wildman–Crippen MR) is 142 cm³/mol. The normalized spacial score (nSPS) is 14.7. The van der Waals surface area contributed by atoms with Crippen molar-refractivity contribution in [2.24, 2.45) is 0 Å². The van der Waals surface area contributed by atoms with Crippen molar-refractivity contribution < 1.29 is 38.9 Å².